The monoisotopic (exact) mass is 307 g/mol. The molecule has 21 heavy (non-hydrogen) atoms. The summed E-state index contributed by atoms with van der Waals surface area (Å²) in [6.45, 7) is 1.30. The Labute approximate surface area is 114 Å². The zero-order chi connectivity index (χ0) is 15.8. The van der Waals surface area contributed by atoms with Gasteiger partial charge in [0.05, 0.1) is 5.56 Å². The lowest BCUT2D eigenvalue weighted by molar-refractivity contribution is -0.141. The van der Waals surface area contributed by atoms with Crippen LogP contribution in [0, 0.1) is 6.92 Å². The molecule has 2 aromatic heterocycles. The largest absolute Gasteiger partial charge is 0.433 e. The molecule has 0 aromatic carbocycles. The van der Waals surface area contributed by atoms with E-state index in [4.69, 9.17) is 0 Å². The first kappa shape index (κ1) is 15.2. The van der Waals surface area contributed by atoms with Crippen molar-refractivity contribution in [3.05, 3.63) is 41.5 Å². The smallest absolute Gasteiger partial charge is 0.248 e. The van der Waals surface area contributed by atoms with Gasteiger partial charge in [-0.1, -0.05) is 0 Å². The normalized spacial score (nSPS) is 12.5. The number of hydrogen-bond acceptors (Lipinski definition) is 3. The third-order valence-corrected chi connectivity index (χ3v) is 2.60. The Morgan fingerprint density at radius 3 is 1.86 bits per heavy atom. The number of aromatic nitrogens is 3. The van der Waals surface area contributed by atoms with Crippen LogP contribution in [0.2, 0.25) is 0 Å². The van der Waals surface area contributed by atoms with Crippen molar-refractivity contribution in [3.8, 4) is 11.4 Å². The number of rotatable bonds is 1. The molecule has 0 radical (unpaired) electrons. The molecule has 0 amide bonds. The molecule has 0 N–H and O–H groups in total. The van der Waals surface area contributed by atoms with Crippen molar-refractivity contribution in [1.29, 1.82) is 0 Å². The van der Waals surface area contributed by atoms with Gasteiger partial charge in [-0.25, -0.2) is 15.0 Å². The Kier molecular flexibility index (Phi) is 3.60. The van der Waals surface area contributed by atoms with Gasteiger partial charge in [-0.05, 0) is 19.1 Å². The van der Waals surface area contributed by atoms with Gasteiger partial charge in [0.1, 0.15) is 5.69 Å². The number of hydrogen-bond donors (Lipinski definition) is 0. The lowest BCUT2D eigenvalue weighted by Gasteiger charge is -2.10. The first-order valence-corrected chi connectivity index (χ1v) is 5.53. The molecule has 0 fully saturated rings. The second kappa shape index (κ2) is 4.97. The zero-order valence-electron chi connectivity index (χ0n) is 10.4. The van der Waals surface area contributed by atoms with Crippen molar-refractivity contribution in [2.75, 3.05) is 0 Å². The lowest BCUT2D eigenvalue weighted by Crippen LogP contribution is -2.10. The van der Waals surface area contributed by atoms with Crippen LogP contribution in [0.15, 0.2) is 24.5 Å². The molecule has 0 aliphatic carbocycles. The quantitative estimate of drug-likeness (QED) is 0.750. The Morgan fingerprint density at radius 2 is 1.43 bits per heavy atom. The molecular formula is C12H7F6N3. The highest BCUT2D eigenvalue weighted by Crippen LogP contribution is 2.31. The number of aryl methyl sites for hydroxylation is 1. The molecule has 0 saturated carbocycles. The van der Waals surface area contributed by atoms with Crippen molar-refractivity contribution >= 4 is 0 Å². The third kappa shape index (κ3) is 3.29. The van der Waals surface area contributed by atoms with Crippen LogP contribution in [0.3, 0.4) is 0 Å². The van der Waals surface area contributed by atoms with Crippen LogP contribution in [-0.4, -0.2) is 15.0 Å². The maximum Gasteiger partial charge on any atom is 0.433 e. The minimum Gasteiger partial charge on any atom is -0.248 e. The zero-order valence-corrected chi connectivity index (χ0v) is 10.4. The van der Waals surface area contributed by atoms with Gasteiger partial charge in [0.2, 0.25) is 0 Å². The lowest BCUT2D eigenvalue weighted by atomic mass is 10.1. The van der Waals surface area contributed by atoms with E-state index in [9.17, 15) is 26.3 Å². The summed E-state index contributed by atoms with van der Waals surface area (Å²) in [6.07, 6.45) is -8.03. The molecule has 0 aliphatic heterocycles. The van der Waals surface area contributed by atoms with Crippen LogP contribution in [0.25, 0.3) is 11.4 Å². The molecule has 3 nitrogen and oxygen atoms in total. The van der Waals surface area contributed by atoms with Crippen LogP contribution in [0.1, 0.15) is 17.0 Å². The van der Waals surface area contributed by atoms with E-state index in [0.29, 0.717) is 12.4 Å². The molecule has 112 valence electrons. The van der Waals surface area contributed by atoms with Crippen molar-refractivity contribution in [3.63, 3.8) is 0 Å². The fraction of sp³-hybridized carbons (Fsp3) is 0.250. The van der Waals surface area contributed by atoms with Crippen LogP contribution < -0.4 is 0 Å². The summed E-state index contributed by atoms with van der Waals surface area (Å²) < 4.78 is 74.5. The van der Waals surface area contributed by atoms with Gasteiger partial charge in [0.15, 0.2) is 5.82 Å². The second-order valence-corrected chi connectivity index (χ2v) is 4.12. The summed E-state index contributed by atoms with van der Waals surface area (Å²) in [5.41, 5.74) is -2.01. The van der Waals surface area contributed by atoms with E-state index >= 15 is 0 Å². The van der Waals surface area contributed by atoms with Crippen molar-refractivity contribution in [2.24, 2.45) is 0 Å². The van der Waals surface area contributed by atoms with Gasteiger partial charge in [-0.3, -0.25) is 0 Å². The summed E-state index contributed by atoms with van der Waals surface area (Å²) >= 11 is 0. The fourth-order valence-corrected chi connectivity index (χ4v) is 1.57. The molecule has 0 aliphatic rings. The van der Waals surface area contributed by atoms with Gasteiger partial charge in [0, 0.05) is 23.7 Å². The SMILES string of the molecule is Cc1nc(C(F)(F)F)ccc1-c1ncc(C(F)(F)F)cn1. The highest BCUT2D eigenvalue weighted by molar-refractivity contribution is 5.57. The average molecular weight is 307 g/mol. The molecule has 9 heteroatoms. The molecule has 2 rings (SSSR count). The molecule has 0 saturated heterocycles. The molecule has 0 atom stereocenters. The average Bonchev–Trinajstić information content (AvgIpc) is 2.36. The van der Waals surface area contributed by atoms with E-state index in [1.807, 2.05) is 0 Å². The Morgan fingerprint density at radius 1 is 0.857 bits per heavy atom. The van der Waals surface area contributed by atoms with Crippen molar-refractivity contribution < 1.29 is 26.3 Å². The van der Waals surface area contributed by atoms with Crippen LogP contribution in [0.4, 0.5) is 26.3 Å². The highest BCUT2D eigenvalue weighted by Gasteiger charge is 2.33. The molecule has 0 unspecified atom stereocenters. The fourth-order valence-electron chi connectivity index (χ4n) is 1.57. The van der Waals surface area contributed by atoms with Crippen LogP contribution >= 0.6 is 0 Å². The van der Waals surface area contributed by atoms with Crippen molar-refractivity contribution in [2.45, 2.75) is 19.3 Å². The summed E-state index contributed by atoms with van der Waals surface area (Å²) in [5, 5.41) is 0. The van der Waals surface area contributed by atoms with Crippen molar-refractivity contribution in [1.82, 2.24) is 15.0 Å². The second-order valence-electron chi connectivity index (χ2n) is 4.12. The molecule has 0 spiro atoms. The van der Waals surface area contributed by atoms with Gasteiger partial charge >= 0.3 is 12.4 Å². The number of alkyl halides is 6. The van der Waals surface area contributed by atoms with Crippen LogP contribution in [-0.2, 0) is 12.4 Å². The maximum atomic E-state index is 12.5. The van der Waals surface area contributed by atoms with Gasteiger partial charge < -0.3 is 0 Å². The van der Waals surface area contributed by atoms with Gasteiger partial charge in [-0.2, -0.15) is 26.3 Å². The van der Waals surface area contributed by atoms with E-state index < -0.39 is 23.6 Å². The summed E-state index contributed by atoms with van der Waals surface area (Å²) in [5.74, 6) is -0.123. The Balaban J connectivity index is 2.39. The Hall–Kier alpha value is -2.19. The van der Waals surface area contributed by atoms with Gasteiger partial charge in [0.25, 0.3) is 0 Å². The van der Waals surface area contributed by atoms with E-state index in [0.717, 1.165) is 12.1 Å². The summed E-state index contributed by atoms with van der Waals surface area (Å²) in [7, 11) is 0. The third-order valence-electron chi connectivity index (χ3n) is 2.60. The Bertz CT molecular complexity index is 646. The highest BCUT2D eigenvalue weighted by atomic mass is 19.4. The van der Waals surface area contributed by atoms with E-state index in [2.05, 4.69) is 15.0 Å². The summed E-state index contributed by atoms with van der Waals surface area (Å²) in [4.78, 5) is 10.4. The number of halogens is 6. The van der Waals surface area contributed by atoms with Crippen LogP contribution in [0.5, 0.6) is 0 Å². The standard InChI is InChI=1S/C12H7F6N3/c1-6-8(2-3-9(21-6)12(16,17)18)10-19-4-7(5-20-10)11(13,14)15/h2-5H,1H3. The molecular weight excluding hydrogens is 300 g/mol. The number of nitrogens with zero attached hydrogens (tertiary/aromatic N) is 3. The predicted octanol–water partition coefficient (Wildman–Crippen LogP) is 3.88. The topological polar surface area (TPSA) is 38.7 Å². The minimum absolute atomic E-state index is 0.0235. The minimum atomic E-state index is -4.59. The number of pyridine rings is 1. The molecule has 2 heterocycles. The van der Waals surface area contributed by atoms with E-state index in [1.165, 1.54) is 6.92 Å². The van der Waals surface area contributed by atoms with E-state index in [1.54, 1.807) is 0 Å². The molecule has 2 aromatic rings. The van der Waals surface area contributed by atoms with Gasteiger partial charge in [-0.15, -0.1) is 0 Å². The molecule has 0 bridgehead atoms. The first-order chi connectivity index (χ1) is 9.59. The summed E-state index contributed by atoms with van der Waals surface area (Å²) in [6, 6.07) is 1.80. The van der Waals surface area contributed by atoms with E-state index in [-0.39, 0.29) is 17.1 Å². The first-order valence-electron chi connectivity index (χ1n) is 5.53. The predicted molar refractivity (Wildman–Crippen MR) is 60.0 cm³/mol. The maximum absolute atomic E-state index is 12.5.